The van der Waals surface area contributed by atoms with Gasteiger partial charge in [-0.3, -0.25) is 14.7 Å². The molecule has 1 aromatic carbocycles. The molecule has 33 heavy (non-hydrogen) atoms. The quantitative estimate of drug-likeness (QED) is 0.528. The topological polar surface area (TPSA) is 117 Å². The number of likely N-dealkylation sites (tertiary alicyclic amines) is 1. The Bertz CT molecular complexity index is 1150. The second kappa shape index (κ2) is 9.11. The van der Waals surface area contributed by atoms with Crippen LogP contribution >= 0.6 is 0 Å². The lowest BCUT2D eigenvalue weighted by Crippen LogP contribution is -2.45. The summed E-state index contributed by atoms with van der Waals surface area (Å²) in [4.78, 5) is 32.8. The summed E-state index contributed by atoms with van der Waals surface area (Å²) in [5.74, 6) is 0.588. The average Bonchev–Trinajstić information content (AvgIpc) is 3.29. The minimum atomic E-state index is -1.01. The number of rotatable bonds is 6. The van der Waals surface area contributed by atoms with Gasteiger partial charge in [-0.05, 0) is 62.2 Å². The molecule has 1 amide bonds. The van der Waals surface area contributed by atoms with Crippen molar-refractivity contribution in [3.05, 3.63) is 54.0 Å². The number of nitrogens with zero attached hydrogens (tertiary/aromatic N) is 2. The molecule has 4 heterocycles. The van der Waals surface area contributed by atoms with Crippen LogP contribution in [0.1, 0.15) is 33.7 Å². The van der Waals surface area contributed by atoms with Crippen molar-refractivity contribution in [2.75, 3.05) is 32.8 Å². The molecule has 9 nitrogen and oxygen atoms in total. The van der Waals surface area contributed by atoms with Crippen LogP contribution < -0.4 is 14.8 Å². The van der Waals surface area contributed by atoms with E-state index in [-0.39, 0.29) is 17.7 Å². The van der Waals surface area contributed by atoms with Gasteiger partial charge in [-0.2, -0.15) is 0 Å². The lowest BCUT2D eigenvalue weighted by Gasteiger charge is -2.35. The van der Waals surface area contributed by atoms with E-state index >= 15 is 0 Å². The lowest BCUT2D eigenvalue weighted by atomic mass is 9.96. The van der Waals surface area contributed by atoms with Gasteiger partial charge in [0.2, 0.25) is 0 Å². The number of piperidine rings is 1. The van der Waals surface area contributed by atoms with E-state index in [0.717, 1.165) is 37.9 Å². The van der Waals surface area contributed by atoms with Gasteiger partial charge in [-0.1, -0.05) is 0 Å². The first kappa shape index (κ1) is 21.3. The molecule has 0 bridgehead atoms. The summed E-state index contributed by atoms with van der Waals surface area (Å²) in [7, 11) is 0. The Labute approximate surface area is 190 Å². The van der Waals surface area contributed by atoms with Crippen LogP contribution in [-0.2, 0) is 0 Å². The smallest absolute Gasteiger partial charge is 0.352 e. The number of carbonyl (C=O) groups excluding carboxylic acids is 1. The second-order valence-electron chi connectivity index (χ2n) is 8.59. The van der Waals surface area contributed by atoms with Crippen LogP contribution in [0.3, 0.4) is 0 Å². The van der Waals surface area contributed by atoms with Crippen molar-refractivity contribution in [1.29, 1.82) is 0 Å². The molecule has 0 spiro atoms. The number of H-pyrrole nitrogens is 1. The zero-order valence-corrected chi connectivity index (χ0v) is 18.1. The standard InChI is InChI=1S/C24H26N4O5/c29-23(16-2-1-7-25-12-16)26-11-15-5-8-28(9-6-15)13-17-14-32-21-4-3-19-18(22(21)33-17)10-20(27-19)24(30)31/h1-4,7,10,12,15,17,27H,5-6,8-9,11,13-14H2,(H,26,29)(H,30,31). The van der Waals surface area contributed by atoms with E-state index in [0.29, 0.717) is 41.6 Å². The summed E-state index contributed by atoms with van der Waals surface area (Å²) < 4.78 is 12.2. The van der Waals surface area contributed by atoms with Crippen molar-refractivity contribution in [2.24, 2.45) is 5.92 Å². The van der Waals surface area contributed by atoms with E-state index in [9.17, 15) is 14.7 Å². The van der Waals surface area contributed by atoms with Crippen molar-refractivity contribution in [3.8, 4) is 11.5 Å². The molecule has 2 aliphatic rings. The molecule has 172 valence electrons. The molecule has 1 fully saturated rings. The van der Waals surface area contributed by atoms with Crippen molar-refractivity contribution in [3.63, 3.8) is 0 Å². The Morgan fingerprint density at radius 2 is 2.09 bits per heavy atom. The number of carboxylic acid groups (broad SMARTS) is 1. The third kappa shape index (κ3) is 4.63. The average molecular weight is 450 g/mol. The summed E-state index contributed by atoms with van der Waals surface area (Å²) in [6.07, 6.45) is 5.10. The number of benzene rings is 1. The first-order valence-electron chi connectivity index (χ1n) is 11.2. The van der Waals surface area contributed by atoms with Crippen LogP contribution in [0.15, 0.2) is 42.7 Å². The van der Waals surface area contributed by atoms with Crippen LogP contribution in [0.2, 0.25) is 0 Å². The molecule has 0 saturated carbocycles. The third-order valence-corrected chi connectivity index (χ3v) is 6.30. The fraction of sp³-hybridized carbons (Fsp3) is 0.375. The molecule has 3 N–H and O–H groups in total. The first-order valence-corrected chi connectivity index (χ1v) is 11.2. The molecular weight excluding hydrogens is 424 g/mol. The van der Waals surface area contributed by atoms with Gasteiger partial charge in [0.15, 0.2) is 11.5 Å². The predicted octanol–water partition coefficient (Wildman–Crippen LogP) is 2.54. The highest BCUT2D eigenvalue weighted by Gasteiger charge is 2.28. The zero-order valence-electron chi connectivity index (χ0n) is 18.1. The highest BCUT2D eigenvalue weighted by Crippen LogP contribution is 2.39. The second-order valence-corrected chi connectivity index (χ2v) is 8.59. The van der Waals surface area contributed by atoms with Gasteiger partial charge in [-0.25, -0.2) is 4.79 Å². The molecule has 1 atom stereocenters. The highest BCUT2D eigenvalue weighted by molar-refractivity contribution is 5.97. The van der Waals surface area contributed by atoms with Gasteiger partial charge in [0.1, 0.15) is 18.4 Å². The predicted molar refractivity (Wildman–Crippen MR) is 121 cm³/mol. The third-order valence-electron chi connectivity index (χ3n) is 6.30. The number of carbonyl (C=O) groups is 2. The largest absolute Gasteiger partial charge is 0.486 e. The Kier molecular flexibility index (Phi) is 5.87. The van der Waals surface area contributed by atoms with E-state index in [4.69, 9.17) is 9.47 Å². The maximum atomic E-state index is 12.2. The van der Waals surface area contributed by atoms with Gasteiger partial charge in [0, 0.05) is 30.9 Å². The number of fused-ring (bicyclic) bond motifs is 3. The highest BCUT2D eigenvalue weighted by atomic mass is 16.6. The molecule has 0 aliphatic carbocycles. The number of ether oxygens (including phenoxy) is 2. The fourth-order valence-corrected chi connectivity index (χ4v) is 4.48. The Balaban J connectivity index is 1.13. The molecule has 2 aromatic heterocycles. The fourth-order valence-electron chi connectivity index (χ4n) is 4.48. The van der Waals surface area contributed by atoms with Gasteiger partial charge >= 0.3 is 5.97 Å². The number of aromatic nitrogens is 2. The van der Waals surface area contributed by atoms with Gasteiger partial charge < -0.3 is 24.9 Å². The Hall–Kier alpha value is -3.59. The SMILES string of the molecule is O=C(NCC1CCN(CC2COc3ccc4[nH]c(C(=O)O)cc4c3O2)CC1)c1cccnc1. The number of hydrogen-bond acceptors (Lipinski definition) is 6. The van der Waals surface area contributed by atoms with Crippen molar-refractivity contribution < 1.29 is 24.2 Å². The van der Waals surface area contributed by atoms with Crippen LogP contribution in [0.25, 0.3) is 10.9 Å². The van der Waals surface area contributed by atoms with Gasteiger partial charge in [0.25, 0.3) is 5.91 Å². The van der Waals surface area contributed by atoms with Crippen LogP contribution in [0.4, 0.5) is 0 Å². The Morgan fingerprint density at radius 3 is 2.85 bits per heavy atom. The maximum Gasteiger partial charge on any atom is 0.352 e. The minimum absolute atomic E-state index is 0.0842. The van der Waals surface area contributed by atoms with E-state index in [1.165, 1.54) is 0 Å². The Morgan fingerprint density at radius 1 is 1.24 bits per heavy atom. The van der Waals surface area contributed by atoms with Crippen LogP contribution in [0, 0.1) is 5.92 Å². The van der Waals surface area contributed by atoms with E-state index in [1.807, 2.05) is 6.07 Å². The maximum absolute atomic E-state index is 12.2. The summed E-state index contributed by atoms with van der Waals surface area (Å²) in [5.41, 5.74) is 1.42. The van der Waals surface area contributed by atoms with Gasteiger partial charge in [-0.15, -0.1) is 0 Å². The summed E-state index contributed by atoms with van der Waals surface area (Å²) in [6, 6.07) is 8.73. The molecule has 1 saturated heterocycles. The summed E-state index contributed by atoms with van der Waals surface area (Å²) >= 11 is 0. The monoisotopic (exact) mass is 450 g/mol. The summed E-state index contributed by atoms with van der Waals surface area (Å²) in [5, 5.41) is 13.0. The molecule has 3 aromatic rings. The van der Waals surface area contributed by atoms with E-state index < -0.39 is 5.97 Å². The van der Waals surface area contributed by atoms with Crippen LogP contribution in [-0.4, -0.2) is 70.7 Å². The number of nitrogens with one attached hydrogen (secondary N) is 2. The lowest BCUT2D eigenvalue weighted by molar-refractivity contribution is 0.0490. The van der Waals surface area contributed by atoms with Gasteiger partial charge in [0.05, 0.1) is 11.1 Å². The number of hydrogen-bond donors (Lipinski definition) is 3. The number of amides is 1. The molecule has 0 radical (unpaired) electrons. The number of carboxylic acids is 1. The molecule has 1 unspecified atom stereocenters. The normalized spacial score (nSPS) is 18.8. The van der Waals surface area contributed by atoms with Crippen molar-refractivity contribution in [2.45, 2.75) is 18.9 Å². The van der Waals surface area contributed by atoms with Crippen molar-refractivity contribution in [1.82, 2.24) is 20.2 Å². The first-order chi connectivity index (χ1) is 16.1. The molecule has 2 aliphatic heterocycles. The van der Waals surface area contributed by atoms with E-state index in [2.05, 4.69) is 20.2 Å². The molecule has 9 heteroatoms. The number of pyridine rings is 1. The van der Waals surface area contributed by atoms with Crippen molar-refractivity contribution >= 4 is 22.8 Å². The minimum Gasteiger partial charge on any atom is -0.486 e. The van der Waals surface area contributed by atoms with Crippen LogP contribution in [0.5, 0.6) is 11.5 Å². The molecule has 5 rings (SSSR count). The van der Waals surface area contributed by atoms with E-state index in [1.54, 1.807) is 36.7 Å². The number of aromatic amines is 1. The summed E-state index contributed by atoms with van der Waals surface area (Å²) in [6.45, 7) is 3.71. The number of aromatic carboxylic acids is 1. The zero-order chi connectivity index (χ0) is 22.8. The molecular formula is C24H26N4O5.